The molecule has 0 aliphatic carbocycles. The molecule has 0 saturated carbocycles. The molecule has 17 nitrogen and oxygen atoms in total. The van der Waals surface area contributed by atoms with Crippen LogP contribution in [0.25, 0.3) is 33.8 Å². The molecule has 90 heavy (non-hydrogen) atoms. The first-order valence-corrected chi connectivity index (χ1v) is 29.5. The Morgan fingerprint density at radius 3 is 0.833 bits per heavy atom. The smallest absolute Gasteiger partial charge is 0.423 e. The van der Waals surface area contributed by atoms with Crippen molar-refractivity contribution in [3.05, 3.63) is 280 Å². The van der Waals surface area contributed by atoms with Crippen LogP contribution < -0.4 is 10.9 Å². The molecule has 5 aromatic heterocycles. The number of aliphatic hydroxyl groups is 4. The van der Waals surface area contributed by atoms with Crippen LogP contribution in [0.15, 0.2) is 246 Å². The van der Waals surface area contributed by atoms with Gasteiger partial charge in [-0.2, -0.15) is 0 Å². The molecule has 10 rings (SSSR count). The Bertz CT molecular complexity index is 3220. The summed E-state index contributed by atoms with van der Waals surface area (Å²) in [6.07, 6.45) is 11.7. The zero-order chi connectivity index (χ0) is 67.2. The van der Waals surface area contributed by atoms with Crippen molar-refractivity contribution in [2.45, 2.75) is 68.0 Å². The minimum Gasteiger partial charge on any atom is -0.423 e. The van der Waals surface area contributed by atoms with E-state index < -0.39 is 14.2 Å². The number of aldehydes is 4. The number of carbonyl (C=O) groups is 4. The maximum absolute atomic E-state index is 10.4. The van der Waals surface area contributed by atoms with Crippen LogP contribution in [-0.2, 0) is 36.0 Å². The van der Waals surface area contributed by atoms with Crippen LogP contribution in [-0.4, -0.2) is 105 Å². The molecule has 10 aromatic rings. The van der Waals surface area contributed by atoms with Gasteiger partial charge in [-0.3, -0.25) is 24.5 Å². The number of hydrogen-bond acceptors (Lipinski definition) is 17. The van der Waals surface area contributed by atoms with Crippen LogP contribution in [0.3, 0.4) is 0 Å². The molecule has 0 atom stereocenters. The highest BCUT2D eigenvalue weighted by Gasteiger charge is 2.10. The summed E-state index contributed by atoms with van der Waals surface area (Å²) in [5.41, 5.74) is 11.5. The zero-order valence-electron chi connectivity index (χ0n) is 51.0. The summed E-state index contributed by atoms with van der Waals surface area (Å²) in [5, 5.41) is 69.8. The second-order valence-corrected chi connectivity index (χ2v) is 18.4. The standard InChI is InChI=1S/2C12H11NO.C12H9NO.2C7H9BO3.C6H4BrNO.C5H4BrN.2C2H4O.2C2H6/c3*14-9-10-4-6-11(7-5-10)12-3-1-2-8-13-12;2*9-5-6-1-3-7(4-2-6)8(10)11;7-6-3-5(4-9)1-2-8-6;6-5-3-1-2-4-7-5;2*1-2-3;2*1-2/h2*1-8,14H,9H2;1-9H;2*1-4,9-11H,5H2;1-4H;1-4H;2*2H,1H3;2*1-2H3. The largest absolute Gasteiger partial charge is 0.488 e. The average Bonchev–Trinajstić information content (AvgIpc) is 2.25. The Hall–Kier alpha value is -8.70. The molecule has 0 spiro atoms. The van der Waals surface area contributed by atoms with Crippen molar-refractivity contribution < 1.29 is 59.7 Å². The molecule has 0 fully saturated rings. The van der Waals surface area contributed by atoms with Gasteiger partial charge in [-0.25, -0.2) is 9.97 Å². The van der Waals surface area contributed by atoms with Crippen LogP contribution >= 0.6 is 31.9 Å². The number of rotatable bonds is 11. The van der Waals surface area contributed by atoms with E-state index in [1.54, 1.807) is 104 Å². The molecule has 0 unspecified atom stereocenters. The molecular formula is C69H77B2Br2N5O12. The Balaban J connectivity index is 0.00000101. The first kappa shape index (κ1) is 81.3. The van der Waals surface area contributed by atoms with E-state index in [4.69, 9.17) is 50.1 Å². The van der Waals surface area contributed by atoms with Crippen molar-refractivity contribution in [3.8, 4) is 33.8 Å². The van der Waals surface area contributed by atoms with Crippen LogP contribution in [0.4, 0.5) is 0 Å². The maximum atomic E-state index is 10.4. The lowest BCUT2D eigenvalue weighted by Gasteiger charge is -2.00. The normalized spacial score (nSPS) is 9.02. The lowest BCUT2D eigenvalue weighted by atomic mass is 9.80. The fourth-order valence-electron chi connectivity index (χ4n) is 6.32. The van der Waals surface area contributed by atoms with Gasteiger partial charge in [0, 0.05) is 58.8 Å². The highest BCUT2D eigenvalue weighted by atomic mass is 79.9. The number of benzene rings is 5. The lowest BCUT2D eigenvalue weighted by Crippen LogP contribution is -2.29. The summed E-state index contributed by atoms with van der Waals surface area (Å²) in [5.74, 6) is 0. The Morgan fingerprint density at radius 2 is 0.622 bits per heavy atom. The van der Waals surface area contributed by atoms with Gasteiger partial charge in [-0.1, -0.05) is 173 Å². The van der Waals surface area contributed by atoms with Crippen LogP contribution in [0.2, 0.25) is 0 Å². The molecular weight excluding hydrogens is 1270 g/mol. The maximum Gasteiger partial charge on any atom is 0.488 e. The molecule has 0 bridgehead atoms. The molecule has 5 aromatic carbocycles. The molecule has 470 valence electrons. The van der Waals surface area contributed by atoms with Crippen molar-refractivity contribution in [2.24, 2.45) is 0 Å². The van der Waals surface area contributed by atoms with E-state index in [9.17, 15) is 9.59 Å². The van der Waals surface area contributed by atoms with E-state index in [0.29, 0.717) is 26.7 Å². The van der Waals surface area contributed by atoms with E-state index >= 15 is 0 Å². The molecule has 0 radical (unpaired) electrons. The van der Waals surface area contributed by atoms with Crippen LogP contribution in [0.5, 0.6) is 0 Å². The number of hydrogen-bond donors (Lipinski definition) is 8. The topological polar surface area (TPSA) is 295 Å². The number of halogens is 2. The van der Waals surface area contributed by atoms with Gasteiger partial charge < -0.3 is 50.1 Å². The summed E-state index contributed by atoms with van der Waals surface area (Å²) in [6, 6.07) is 62.1. The minimum atomic E-state index is -1.43. The second-order valence-electron chi connectivity index (χ2n) is 16.8. The van der Waals surface area contributed by atoms with Crippen LogP contribution in [0.1, 0.15) is 84.5 Å². The van der Waals surface area contributed by atoms with Gasteiger partial charge in [-0.05, 0) is 140 Å². The fraction of sp³-hybridized carbons (Fsp3) is 0.145. The van der Waals surface area contributed by atoms with E-state index in [1.807, 2.05) is 161 Å². The lowest BCUT2D eigenvalue weighted by molar-refractivity contribution is -0.106. The second kappa shape index (κ2) is 53.3. The summed E-state index contributed by atoms with van der Waals surface area (Å²) >= 11 is 6.33. The third kappa shape index (κ3) is 36.6. The van der Waals surface area contributed by atoms with E-state index in [2.05, 4.69) is 56.8 Å². The first-order valence-electron chi connectivity index (χ1n) is 28.0. The van der Waals surface area contributed by atoms with Crippen molar-refractivity contribution in [1.82, 2.24) is 24.9 Å². The molecule has 0 saturated heterocycles. The molecule has 5 heterocycles. The fourth-order valence-corrected chi connectivity index (χ4v) is 6.97. The van der Waals surface area contributed by atoms with E-state index in [-0.39, 0.29) is 26.4 Å². The van der Waals surface area contributed by atoms with Gasteiger partial charge in [0.1, 0.15) is 34.4 Å². The van der Waals surface area contributed by atoms with Crippen molar-refractivity contribution in [1.29, 1.82) is 0 Å². The summed E-state index contributed by atoms with van der Waals surface area (Å²) in [6.45, 7) is 11.0. The van der Waals surface area contributed by atoms with Gasteiger partial charge >= 0.3 is 14.2 Å². The third-order valence-electron chi connectivity index (χ3n) is 10.6. The third-order valence-corrected chi connectivity index (χ3v) is 11.5. The Morgan fingerprint density at radius 1 is 0.344 bits per heavy atom. The predicted molar refractivity (Wildman–Crippen MR) is 366 cm³/mol. The number of pyridine rings is 5. The minimum absolute atomic E-state index is 0.0260. The average molecular weight is 1350 g/mol. The summed E-state index contributed by atoms with van der Waals surface area (Å²) < 4.78 is 1.57. The highest BCUT2D eigenvalue weighted by Crippen LogP contribution is 2.19. The zero-order valence-corrected chi connectivity index (χ0v) is 54.2. The Labute approximate surface area is 545 Å². The van der Waals surface area contributed by atoms with Gasteiger partial charge in [0.2, 0.25) is 0 Å². The SMILES string of the molecule is Brc1ccccn1.CC.CC.CC=O.CC=O.O=Cc1ccc(-c2ccccn2)cc1.O=Cc1ccnc(Br)c1.OCc1ccc(-c2ccccn2)cc1.OCc1ccc(-c2ccccn2)cc1.OCc1ccc(B(O)O)cc1.OCc1ccc(B(O)O)cc1. The summed E-state index contributed by atoms with van der Waals surface area (Å²) in [4.78, 5) is 58.6. The molecule has 0 aliphatic rings. The van der Waals surface area contributed by atoms with Gasteiger partial charge in [0.05, 0.1) is 43.5 Å². The number of carbonyl (C=O) groups excluding carboxylic acids is 4. The first-order chi connectivity index (χ1) is 43.7. The van der Waals surface area contributed by atoms with Crippen molar-refractivity contribution in [3.63, 3.8) is 0 Å². The summed E-state index contributed by atoms with van der Waals surface area (Å²) in [7, 11) is -2.86. The molecule has 21 heteroatoms. The van der Waals surface area contributed by atoms with Crippen molar-refractivity contribution in [2.75, 3.05) is 0 Å². The van der Waals surface area contributed by atoms with Gasteiger partial charge in [0.15, 0.2) is 0 Å². The Kier molecular flexibility index (Phi) is 48.2. The van der Waals surface area contributed by atoms with Crippen LogP contribution in [0, 0.1) is 0 Å². The quantitative estimate of drug-likeness (QED) is 0.0339. The van der Waals surface area contributed by atoms with Gasteiger partial charge in [0.25, 0.3) is 0 Å². The number of aliphatic hydroxyl groups excluding tert-OH is 4. The molecule has 8 N–H and O–H groups in total. The molecule has 0 aliphatic heterocycles. The highest BCUT2D eigenvalue weighted by molar-refractivity contribution is 9.10. The number of aromatic nitrogens is 5. The monoisotopic (exact) mass is 1350 g/mol. The van der Waals surface area contributed by atoms with Gasteiger partial charge in [-0.15, -0.1) is 0 Å². The van der Waals surface area contributed by atoms with E-state index in [0.717, 1.165) is 85.8 Å². The molecule has 0 amide bonds. The number of nitrogens with zero attached hydrogens (tertiary/aromatic N) is 5. The van der Waals surface area contributed by atoms with E-state index in [1.165, 1.54) is 13.8 Å². The predicted octanol–water partition coefficient (Wildman–Crippen LogP) is 10.7. The van der Waals surface area contributed by atoms with Crippen molar-refractivity contribution >= 4 is 82.2 Å².